The molecule has 0 bridgehead atoms. The molecule has 0 saturated heterocycles. The summed E-state index contributed by atoms with van der Waals surface area (Å²) < 4.78 is 44.9. The third kappa shape index (κ3) is 6.07. The van der Waals surface area contributed by atoms with Gasteiger partial charge in [-0.3, -0.25) is 9.63 Å². The van der Waals surface area contributed by atoms with Crippen LogP contribution in [0.5, 0.6) is 0 Å². The Morgan fingerprint density at radius 1 is 1.22 bits per heavy atom. The highest BCUT2D eigenvalue weighted by Crippen LogP contribution is 2.36. The summed E-state index contributed by atoms with van der Waals surface area (Å²) in [4.78, 5) is 17.0. The van der Waals surface area contributed by atoms with Crippen LogP contribution in [0.4, 0.5) is 13.2 Å². The van der Waals surface area contributed by atoms with E-state index in [1.807, 2.05) is 6.08 Å². The van der Waals surface area contributed by atoms with Gasteiger partial charge >= 0.3 is 6.18 Å². The Morgan fingerprint density at radius 2 is 1.93 bits per heavy atom. The number of ether oxygens (including phenoxy) is 1. The van der Waals surface area contributed by atoms with Crippen LogP contribution in [0, 0.1) is 0 Å². The molecular formula is C20H26F3NO3. The van der Waals surface area contributed by atoms with Crippen molar-refractivity contribution in [2.45, 2.75) is 50.6 Å². The van der Waals surface area contributed by atoms with Crippen molar-refractivity contribution in [3.8, 4) is 0 Å². The second kappa shape index (κ2) is 9.90. The lowest BCUT2D eigenvalue weighted by Crippen LogP contribution is -2.24. The van der Waals surface area contributed by atoms with Crippen molar-refractivity contribution in [3.05, 3.63) is 46.5 Å². The molecule has 1 saturated carbocycles. The molecule has 1 aromatic rings. The number of alkyl halides is 3. The van der Waals surface area contributed by atoms with Gasteiger partial charge in [-0.1, -0.05) is 18.1 Å². The van der Waals surface area contributed by atoms with Crippen LogP contribution < -0.4 is 5.48 Å². The van der Waals surface area contributed by atoms with Gasteiger partial charge in [-0.05, 0) is 55.9 Å². The fourth-order valence-corrected chi connectivity index (χ4v) is 3.43. The van der Waals surface area contributed by atoms with E-state index in [0.717, 1.165) is 37.8 Å². The number of halogens is 3. The lowest BCUT2D eigenvalue weighted by atomic mass is 9.85. The minimum atomic E-state index is -4.48. The van der Waals surface area contributed by atoms with Crippen LogP contribution in [0.1, 0.15) is 65.9 Å². The first-order valence-electron chi connectivity index (χ1n) is 9.09. The largest absolute Gasteiger partial charge is 0.416 e. The molecule has 1 atom stereocenters. The molecule has 1 aliphatic rings. The van der Waals surface area contributed by atoms with E-state index in [4.69, 9.17) is 4.74 Å². The van der Waals surface area contributed by atoms with Gasteiger partial charge < -0.3 is 4.74 Å². The van der Waals surface area contributed by atoms with Crippen molar-refractivity contribution in [1.82, 2.24) is 5.48 Å². The highest BCUT2D eigenvalue weighted by molar-refractivity contribution is 5.95. The second-order valence-corrected chi connectivity index (χ2v) is 6.71. The van der Waals surface area contributed by atoms with Crippen LogP contribution in [0.3, 0.4) is 0 Å². The van der Waals surface area contributed by atoms with Gasteiger partial charge in [0.05, 0.1) is 12.7 Å². The van der Waals surface area contributed by atoms with E-state index in [9.17, 15) is 18.0 Å². The van der Waals surface area contributed by atoms with Crippen molar-refractivity contribution in [3.63, 3.8) is 0 Å². The van der Waals surface area contributed by atoms with Gasteiger partial charge in [0.25, 0.3) is 5.91 Å². The molecule has 1 aromatic carbocycles. The number of allylic oxidation sites excluding steroid dienone is 2. The minimum absolute atomic E-state index is 0.179. The zero-order valence-electron chi connectivity index (χ0n) is 15.7. The first-order chi connectivity index (χ1) is 12.9. The summed E-state index contributed by atoms with van der Waals surface area (Å²) in [5.41, 5.74) is 3.19. The fourth-order valence-electron chi connectivity index (χ4n) is 3.43. The smallest absolute Gasteiger partial charge is 0.385 e. The maximum atomic E-state index is 13.3. The zero-order chi connectivity index (χ0) is 19.9. The first-order valence-corrected chi connectivity index (χ1v) is 9.09. The predicted molar refractivity (Wildman–Crippen MR) is 96.3 cm³/mol. The number of hydrogen-bond donors (Lipinski definition) is 1. The lowest BCUT2D eigenvalue weighted by Gasteiger charge is -2.22. The van der Waals surface area contributed by atoms with Crippen LogP contribution in [-0.2, 0) is 15.8 Å². The topological polar surface area (TPSA) is 47.6 Å². The maximum absolute atomic E-state index is 13.3. The predicted octanol–water partition coefficient (Wildman–Crippen LogP) is 5.01. The second-order valence-electron chi connectivity index (χ2n) is 6.71. The van der Waals surface area contributed by atoms with Crippen LogP contribution in [0.15, 0.2) is 29.8 Å². The van der Waals surface area contributed by atoms with Gasteiger partial charge in [0.1, 0.15) is 0 Å². The average Bonchev–Trinajstić information content (AvgIpc) is 2.65. The molecule has 1 unspecified atom stereocenters. The van der Waals surface area contributed by atoms with E-state index in [0.29, 0.717) is 18.6 Å². The number of nitrogens with one attached hydrogen (secondary N) is 1. The van der Waals surface area contributed by atoms with Crippen molar-refractivity contribution >= 4 is 5.91 Å². The molecule has 0 aromatic heterocycles. The average molecular weight is 385 g/mol. The normalized spacial score (nSPS) is 16.1. The van der Waals surface area contributed by atoms with Crippen molar-refractivity contribution in [2.24, 2.45) is 0 Å². The SMILES string of the molecule is COCCC(C=C1CCCCC1)c1cc(C(F)(F)F)ccc1C(=O)NOC. The molecule has 1 amide bonds. The van der Waals surface area contributed by atoms with Gasteiger partial charge in [0.15, 0.2) is 0 Å². The molecule has 1 N–H and O–H groups in total. The summed E-state index contributed by atoms with van der Waals surface area (Å²) >= 11 is 0. The standard InChI is InChI=1S/C20H26F3NO3/c1-26-11-10-15(12-14-6-4-3-5-7-14)18-13-16(20(21,22)23)8-9-17(18)19(25)24-27-2/h8-9,12-13,15H,3-7,10-11H2,1-2H3,(H,24,25). The molecule has 1 aliphatic carbocycles. The Balaban J connectivity index is 2.49. The number of carbonyl (C=O) groups excluding carboxylic acids is 1. The van der Waals surface area contributed by atoms with Gasteiger partial charge in [0.2, 0.25) is 0 Å². The molecule has 0 aliphatic heterocycles. The first kappa shape index (κ1) is 21.4. The minimum Gasteiger partial charge on any atom is -0.385 e. The molecule has 0 spiro atoms. The summed E-state index contributed by atoms with van der Waals surface area (Å²) in [7, 11) is 2.84. The third-order valence-electron chi connectivity index (χ3n) is 4.78. The Hall–Kier alpha value is -1.86. The van der Waals surface area contributed by atoms with Crippen molar-refractivity contribution in [1.29, 1.82) is 0 Å². The van der Waals surface area contributed by atoms with E-state index < -0.39 is 17.6 Å². The Labute approximate surface area is 157 Å². The van der Waals surface area contributed by atoms with Gasteiger partial charge in [-0.25, -0.2) is 5.48 Å². The van der Waals surface area contributed by atoms with E-state index in [1.54, 1.807) is 7.11 Å². The van der Waals surface area contributed by atoms with Gasteiger partial charge in [-0.15, -0.1) is 0 Å². The van der Waals surface area contributed by atoms with Gasteiger partial charge in [0, 0.05) is 25.2 Å². The summed E-state index contributed by atoms with van der Waals surface area (Å²) in [6, 6.07) is 3.21. The van der Waals surface area contributed by atoms with Crippen LogP contribution in [-0.4, -0.2) is 26.7 Å². The quantitative estimate of drug-likeness (QED) is 0.530. The molecule has 0 radical (unpaired) electrons. The number of methoxy groups -OCH3 is 1. The molecule has 0 heterocycles. The van der Waals surface area contributed by atoms with E-state index >= 15 is 0 Å². The zero-order valence-corrected chi connectivity index (χ0v) is 15.7. The highest BCUT2D eigenvalue weighted by Gasteiger charge is 2.32. The summed E-state index contributed by atoms with van der Waals surface area (Å²) in [6.45, 7) is 0.385. The van der Waals surface area contributed by atoms with E-state index in [2.05, 4.69) is 10.3 Å². The number of amides is 1. The van der Waals surface area contributed by atoms with Gasteiger partial charge in [-0.2, -0.15) is 13.2 Å². The highest BCUT2D eigenvalue weighted by atomic mass is 19.4. The Kier molecular flexibility index (Phi) is 7.86. The van der Waals surface area contributed by atoms with Crippen LogP contribution in [0.2, 0.25) is 0 Å². The lowest BCUT2D eigenvalue weighted by molar-refractivity contribution is -0.137. The summed E-state index contributed by atoms with van der Waals surface area (Å²) in [5, 5.41) is 0. The molecule has 27 heavy (non-hydrogen) atoms. The summed E-state index contributed by atoms with van der Waals surface area (Å²) in [5.74, 6) is -0.899. The fraction of sp³-hybridized carbons (Fsp3) is 0.550. The molecular weight excluding hydrogens is 359 g/mol. The van der Waals surface area contributed by atoms with Crippen LogP contribution >= 0.6 is 0 Å². The molecule has 150 valence electrons. The van der Waals surface area contributed by atoms with Crippen LogP contribution in [0.25, 0.3) is 0 Å². The number of rotatable bonds is 7. The molecule has 1 fully saturated rings. The molecule has 2 rings (SSSR count). The number of hydrogen-bond acceptors (Lipinski definition) is 3. The monoisotopic (exact) mass is 385 g/mol. The number of hydroxylamine groups is 1. The molecule has 4 nitrogen and oxygen atoms in total. The van der Waals surface area contributed by atoms with E-state index in [1.165, 1.54) is 25.2 Å². The number of benzene rings is 1. The molecule has 7 heteroatoms. The van der Waals surface area contributed by atoms with Crippen molar-refractivity contribution < 1.29 is 27.5 Å². The van der Waals surface area contributed by atoms with Crippen molar-refractivity contribution in [2.75, 3.05) is 20.8 Å². The maximum Gasteiger partial charge on any atom is 0.416 e. The summed E-state index contributed by atoms with van der Waals surface area (Å²) in [6.07, 6.45) is 3.28. The third-order valence-corrected chi connectivity index (χ3v) is 4.78. The van der Waals surface area contributed by atoms with E-state index in [-0.39, 0.29) is 11.5 Å². The number of carbonyl (C=O) groups is 1. The Morgan fingerprint density at radius 3 is 2.52 bits per heavy atom. The Bertz CT molecular complexity index is 663.